The molecule has 3 aromatic rings. The molecule has 5 heterocycles. The van der Waals surface area contributed by atoms with Gasteiger partial charge in [-0.05, 0) is 32.0 Å². The third-order valence-corrected chi connectivity index (χ3v) is 5.75. The summed E-state index contributed by atoms with van der Waals surface area (Å²) in [4.78, 5) is 34.0. The van der Waals surface area contributed by atoms with E-state index in [9.17, 15) is 4.79 Å². The van der Waals surface area contributed by atoms with E-state index < -0.39 is 0 Å². The lowest BCUT2D eigenvalue weighted by atomic mass is 10.1. The van der Waals surface area contributed by atoms with Crippen LogP contribution in [0.25, 0.3) is 0 Å². The first-order valence-corrected chi connectivity index (χ1v) is 10.8. The third kappa shape index (κ3) is 4.01. The number of aromatic nitrogens is 5. The fraction of sp³-hybridized carbons (Fsp3) is 0.409. The van der Waals surface area contributed by atoms with Crippen molar-refractivity contribution in [2.45, 2.75) is 32.9 Å². The number of carbonyl (C=O) groups is 1. The molecule has 32 heavy (non-hydrogen) atoms. The first kappa shape index (κ1) is 20.4. The Bertz CT molecular complexity index is 1110. The number of hydrogen-bond acceptors (Lipinski definition) is 8. The molecule has 10 nitrogen and oxygen atoms in total. The maximum absolute atomic E-state index is 12.0. The molecule has 1 saturated heterocycles. The normalized spacial score (nSPS) is 16.4. The van der Waals surface area contributed by atoms with Gasteiger partial charge in [0.25, 0.3) is 5.91 Å². The number of nitrogens with zero attached hydrogens (tertiary/aromatic N) is 7. The zero-order valence-electron chi connectivity index (χ0n) is 18.2. The summed E-state index contributed by atoms with van der Waals surface area (Å²) in [6.07, 6.45) is 6.26. The zero-order chi connectivity index (χ0) is 22.1. The molecular weight excluding hydrogens is 408 g/mol. The second-order valence-electron chi connectivity index (χ2n) is 8.17. The molecule has 1 N–H and O–H groups in total. The summed E-state index contributed by atoms with van der Waals surface area (Å²) >= 11 is 0. The number of hydrogen-bond donors (Lipinski definition) is 1. The predicted octanol–water partition coefficient (Wildman–Crippen LogP) is 2.32. The number of anilines is 4. The minimum atomic E-state index is -0.0571. The highest BCUT2D eigenvalue weighted by atomic mass is 16.5. The maximum Gasteiger partial charge on any atom is 0.253 e. The Balaban J connectivity index is 1.29. The average Bonchev–Trinajstić information content (AvgIpc) is 3.24. The van der Waals surface area contributed by atoms with Gasteiger partial charge in [0.2, 0.25) is 5.95 Å². The van der Waals surface area contributed by atoms with Gasteiger partial charge in [0.05, 0.1) is 42.8 Å². The monoisotopic (exact) mass is 434 g/mol. The van der Waals surface area contributed by atoms with E-state index in [1.54, 1.807) is 17.3 Å². The van der Waals surface area contributed by atoms with Crippen molar-refractivity contribution in [1.29, 1.82) is 0 Å². The summed E-state index contributed by atoms with van der Waals surface area (Å²) in [5, 5.41) is 3.16. The van der Waals surface area contributed by atoms with E-state index in [0.717, 1.165) is 31.0 Å². The molecule has 0 saturated carbocycles. The number of ether oxygens (including phenoxy) is 1. The first-order chi connectivity index (χ1) is 15.6. The van der Waals surface area contributed by atoms with Crippen LogP contribution in [0.4, 0.5) is 23.3 Å². The van der Waals surface area contributed by atoms with E-state index in [1.807, 2.05) is 24.5 Å². The van der Waals surface area contributed by atoms with E-state index >= 15 is 0 Å². The van der Waals surface area contributed by atoms with Gasteiger partial charge >= 0.3 is 0 Å². The molecular formula is C22H26N8O2. The molecule has 2 aliphatic heterocycles. The lowest BCUT2D eigenvalue weighted by Crippen LogP contribution is -2.41. The fourth-order valence-corrected chi connectivity index (χ4v) is 4.06. The lowest BCUT2D eigenvalue weighted by molar-refractivity contribution is -0.125. The predicted molar refractivity (Wildman–Crippen MR) is 120 cm³/mol. The smallest absolute Gasteiger partial charge is 0.253 e. The molecule has 2 aliphatic rings. The standard InChI is InChI=1S/C22H26N8O2/c1-15(2)30-14-25-17-6-8-28(12-18(17)30)20-5-7-23-22(27-20)26-19-4-3-16(11-24-19)29-9-10-32-13-21(29)31/h3-5,7,11,14-15H,6,8-10,12-13H2,1-2H3,(H,23,24,26,27). The summed E-state index contributed by atoms with van der Waals surface area (Å²) in [5.74, 6) is 1.90. The molecule has 166 valence electrons. The topological polar surface area (TPSA) is 101 Å². The molecule has 10 heteroatoms. The Morgan fingerprint density at radius 1 is 1.12 bits per heavy atom. The Labute approximate surface area is 186 Å². The van der Waals surface area contributed by atoms with Gasteiger partial charge in [0, 0.05) is 31.7 Å². The van der Waals surface area contributed by atoms with Crippen molar-refractivity contribution in [2.75, 3.05) is 41.4 Å². The summed E-state index contributed by atoms with van der Waals surface area (Å²) in [7, 11) is 0. The van der Waals surface area contributed by atoms with Crippen LogP contribution in [0.2, 0.25) is 0 Å². The van der Waals surface area contributed by atoms with Crippen molar-refractivity contribution in [3.05, 3.63) is 48.3 Å². The first-order valence-electron chi connectivity index (χ1n) is 10.8. The van der Waals surface area contributed by atoms with E-state index in [-0.39, 0.29) is 12.5 Å². The van der Waals surface area contributed by atoms with Crippen LogP contribution in [0, 0.1) is 0 Å². The highest BCUT2D eigenvalue weighted by molar-refractivity contribution is 5.94. The number of carbonyl (C=O) groups excluding carboxylic acids is 1. The van der Waals surface area contributed by atoms with Crippen LogP contribution in [-0.2, 0) is 22.5 Å². The van der Waals surface area contributed by atoms with Crippen LogP contribution in [-0.4, -0.2) is 56.7 Å². The molecule has 0 aliphatic carbocycles. The van der Waals surface area contributed by atoms with Crippen molar-refractivity contribution in [1.82, 2.24) is 24.5 Å². The molecule has 0 unspecified atom stereocenters. The van der Waals surface area contributed by atoms with Gasteiger partial charge in [-0.15, -0.1) is 0 Å². The number of fused-ring (bicyclic) bond motifs is 1. The molecule has 3 aromatic heterocycles. The quantitative estimate of drug-likeness (QED) is 0.653. The number of imidazole rings is 1. The maximum atomic E-state index is 12.0. The van der Waals surface area contributed by atoms with E-state index in [1.165, 1.54) is 11.4 Å². The second-order valence-corrected chi connectivity index (χ2v) is 8.17. The minimum Gasteiger partial charge on any atom is -0.370 e. The fourth-order valence-electron chi connectivity index (χ4n) is 4.06. The highest BCUT2D eigenvalue weighted by Gasteiger charge is 2.23. The number of pyridine rings is 1. The van der Waals surface area contributed by atoms with Crippen molar-refractivity contribution in [3.63, 3.8) is 0 Å². The molecule has 1 amide bonds. The molecule has 0 aromatic carbocycles. The third-order valence-electron chi connectivity index (χ3n) is 5.75. The minimum absolute atomic E-state index is 0.0571. The molecule has 0 bridgehead atoms. The van der Waals surface area contributed by atoms with Crippen LogP contribution in [0.3, 0.4) is 0 Å². The van der Waals surface area contributed by atoms with Gasteiger partial charge in [-0.25, -0.2) is 15.0 Å². The van der Waals surface area contributed by atoms with E-state index in [4.69, 9.17) is 9.72 Å². The lowest BCUT2D eigenvalue weighted by Gasteiger charge is -2.29. The molecule has 0 spiro atoms. The number of morpholine rings is 1. The van der Waals surface area contributed by atoms with Crippen LogP contribution in [0.5, 0.6) is 0 Å². The van der Waals surface area contributed by atoms with Crippen LogP contribution >= 0.6 is 0 Å². The molecule has 1 fully saturated rings. The Kier molecular flexibility index (Phi) is 5.44. The molecule has 0 atom stereocenters. The van der Waals surface area contributed by atoms with Crippen molar-refractivity contribution in [2.24, 2.45) is 0 Å². The summed E-state index contributed by atoms with van der Waals surface area (Å²) in [6.45, 7) is 7.13. The van der Waals surface area contributed by atoms with Crippen LogP contribution in [0.1, 0.15) is 31.3 Å². The van der Waals surface area contributed by atoms with Crippen LogP contribution < -0.4 is 15.1 Å². The largest absolute Gasteiger partial charge is 0.370 e. The van der Waals surface area contributed by atoms with Crippen molar-refractivity contribution < 1.29 is 9.53 Å². The molecule has 5 rings (SSSR count). The van der Waals surface area contributed by atoms with Gasteiger partial charge in [-0.1, -0.05) is 0 Å². The van der Waals surface area contributed by atoms with Gasteiger partial charge in [-0.2, -0.15) is 4.98 Å². The Morgan fingerprint density at radius 2 is 2.03 bits per heavy atom. The number of rotatable bonds is 5. The summed E-state index contributed by atoms with van der Waals surface area (Å²) < 4.78 is 7.41. The summed E-state index contributed by atoms with van der Waals surface area (Å²) in [5.41, 5.74) is 3.17. The Morgan fingerprint density at radius 3 is 2.81 bits per heavy atom. The van der Waals surface area contributed by atoms with Gasteiger partial charge in [0.1, 0.15) is 18.2 Å². The number of nitrogens with one attached hydrogen (secondary N) is 1. The SMILES string of the molecule is CC(C)n1cnc2c1CN(c1ccnc(Nc3ccc(N4CCOCC4=O)cn3)n1)CC2. The average molecular weight is 435 g/mol. The Hall–Kier alpha value is -3.53. The van der Waals surface area contributed by atoms with Gasteiger partial charge < -0.3 is 24.4 Å². The number of amides is 1. The van der Waals surface area contributed by atoms with Crippen molar-refractivity contribution >= 4 is 29.2 Å². The van der Waals surface area contributed by atoms with E-state index in [0.29, 0.717) is 31.0 Å². The second kappa shape index (κ2) is 8.54. The highest BCUT2D eigenvalue weighted by Crippen LogP contribution is 2.25. The molecule has 0 radical (unpaired) electrons. The van der Waals surface area contributed by atoms with E-state index in [2.05, 4.69) is 43.6 Å². The van der Waals surface area contributed by atoms with Crippen LogP contribution in [0.15, 0.2) is 36.9 Å². The van der Waals surface area contributed by atoms with Gasteiger partial charge in [0.15, 0.2) is 0 Å². The zero-order valence-corrected chi connectivity index (χ0v) is 18.2. The van der Waals surface area contributed by atoms with Gasteiger partial charge in [-0.3, -0.25) is 4.79 Å². The summed E-state index contributed by atoms with van der Waals surface area (Å²) in [6, 6.07) is 5.98. The van der Waals surface area contributed by atoms with Crippen molar-refractivity contribution in [3.8, 4) is 0 Å².